The van der Waals surface area contributed by atoms with Gasteiger partial charge in [-0.1, -0.05) is 23.2 Å². The lowest BCUT2D eigenvalue weighted by atomic mass is 10.2. The third-order valence-corrected chi connectivity index (χ3v) is 2.73. The highest BCUT2D eigenvalue weighted by molar-refractivity contribution is 6.44. The molecule has 0 unspecified atom stereocenters. The second kappa shape index (κ2) is 3.72. The van der Waals surface area contributed by atoms with Gasteiger partial charge in [-0.2, -0.15) is 0 Å². The summed E-state index contributed by atoms with van der Waals surface area (Å²) in [6.07, 6.45) is 1.65. The lowest BCUT2D eigenvalue weighted by molar-refractivity contribution is 0.0603. The first kappa shape index (κ1) is 10.3. The average molecular weight is 245 g/mol. The number of methoxy groups -OCH3 is 1. The number of rotatable bonds is 1. The molecule has 0 amide bonds. The molecule has 1 N–H and O–H groups in total. The van der Waals surface area contributed by atoms with Crippen LogP contribution in [-0.2, 0) is 4.74 Å². The minimum Gasteiger partial charge on any atom is -0.465 e. The average Bonchev–Trinajstić information content (AvgIpc) is 2.66. The highest BCUT2D eigenvalue weighted by Crippen LogP contribution is 2.30. The molecule has 0 aliphatic heterocycles. The number of carbonyl (C=O) groups is 1. The molecule has 0 atom stereocenters. The van der Waals surface area contributed by atoms with Crippen LogP contribution < -0.4 is 0 Å². The first-order chi connectivity index (χ1) is 7.15. The standard InChI is InChI=1S/C9H6Cl2N2O2/c1-15-9(14)5-4-2-3-12-8(4)13-7(11)6(5)10/h2-3H,1H3,(H,12,13). The monoisotopic (exact) mass is 244 g/mol. The van der Waals surface area contributed by atoms with Crippen molar-refractivity contribution in [3.8, 4) is 0 Å². The highest BCUT2D eigenvalue weighted by atomic mass is 35.5. The number of aromatic nitrogens is 2. The zero-order chi connectivity index (χ0) is 11.0. The van der Waals surface area contributed by atoms with Gasteiger partial charge in [-0.15, -0.1) is 0 Å². The molecule has 0 fully saturated rings. The Morgan fingerprint density at radius 3 is 2.93 bits per heavy atom. The molecule has 0 radical (unpaired) electrons. The van der Waals surface area contributed by atoms with E-state index in [0.717, 1.165) is 0 Å². The van der Waals surface area contributed by atoms with E-state index in [2.05, 4.69) is 14.7 Å². The number of nitrogens with zero attached hydrogens (tertiary/aromatic N) is 1. The van der Waals surface area contributed by atoms with Crippen molar-refractivity contribution >= 4 is 40.2 Å². The summed E-state index contributed by atoms with van der Waals surface area (Å²) >= 11 is 11.7. The molecule has 0 aromatic carbocycles. The van der Waals surface area contributed by atoms with Gasteiger partial charge in [0.05, 0.1) is 17.7 Å². The fourth-order valence-corrected chi connectivity index (χ4v) is 1.73. The van der Waals surface area contributed by atoms with Gasteiger partial charge in [0.1, 0.15) is 5.65 Å². The van der Waals surface area contributed by atoms with Gasteiger partial charge in [-0.05, 0) is 6.07 Å². The number of carbonyl (C=O) groups excluding carboxylic acids is 1. The van der Waals surface area contributed by atoms with Crippen molar-refractivity contribution in [2.45, 2.75) is 0 Å². The summed E-state index contributed by atoms with van der Waals surface area (Å²) in [6.45, 7) is 0. The summed E-state index contributed by atoms with van der Waals surface area (Å²) < 4.78 is 4.63. The van der Waals surface area contributed by atoms with E-state index in [1.165, 1.54) is 7.11 Å². The number of halogens is 2. The maximum Gasteiger partial charge on any atom is 0.340 e. The van der Waals surface area contributed by atoms with Crippen molar-refractivity contribution in [1.82, 2.24) is 9.97 Å². The number of nitrogens with one attached hydrogen (secondary N) is 1. The van der Waals surface area contributed by atoms with Crippen molar-refractivity contribution in [3.05, 3.63) is 28.0 Å². The number of ether oxygens (including phenoxy) is 1. The zero-order valence-electron chi connectivity index (χ0n) is 7.67. The third kappa shape index (κ3) is 1.56. The first-order valence-corrected chi connectivity index (χ1v) is 4.81. The molecule has 2 rings (SSSR count). The number of pyridine rings is 1. The predicted octanol–water partition coefficient (Wildman–Crippen LogP) is 2.66. The Labute approximate surface area is 95.2 Å². The molecular formula is C9H6Cl2N2O2. The Morgan fingerprint density at radius 1 is 1.53 bits per heavy atom. The van der Waals surface area contributed by atoms with Crippen LogP contribution in [0.5, 0.6) is 0 Å². The molecule has 0 spiro atoms. The zero-order valence-corrected chi connectivity index (χ0v) is 9.19. The quantitative estimate of drug-likeness (QED) is 0.620. The van der Waals surface area contributed by atoms with Crippen molar-refractivity contribution in [1.29, 1.82) is 0 Å². The molecule has 2 aromatic heterocycles. The summed E-state index contributed by atoms with van der Waals surface area (Å²) in [6, 6.07) is 1.69. The molecule has 2 heterocycles. The Bertz CT molecular complexity index is 536. The number of H-pyrrole nitrogens is 1. The molecule has 0 aliphatic carbocycles. The molecule has 4 nitrogen and oxygen atoms in total. The lowest BCUT2D eigenvalue weighted by Crippen LogP contribution is -2.04. The lowest BCUT2D eigenvalue weighted by Gasteiger charge is -2.04. The van der Waals surface area contributed by atoms with Gasteiger partial charge in [0.15, 0.2) is 5.15 Å². The highest BCUT2D eigenvalue weighted by Gasteiger charge is 2.19. The van der Waals surface area contributed by atoms with Crippen LogP contribution in [0.4, 0.5) is 0 Å². The summed E-state index contributed by atoms with van der Waals surface area (Å²) in [5, 5.41) is 0.777. The van der Waals surface area contributed by atoms with Crippen molar-refractivity contribution < 1.29 is 9.53 Å². The van der Waals surface area contributed by atoms with E-state index in [1.54, 1.807) is 12.3 Å². The van der Waals surface area contributed by atoms with E-state index in [9.17, 15) is 4.79 Å². The Hall–Kier alpha value is -1.26. The van der Waals surface area contributed by atoms with Gasteiger partial charge >= 0.3 is 5.97 Å². The number of hydrogen-bond acceptors (Lipinski definition) is 3. The second-order valence-electron chi connectivity index (χ2n) is 2.82. The molecular weight excluding hydrogens is 239 g/mol. The minimum absolute atomic E-state index is 0.0759. The predicted molar refractivity (Wildman–Crippen MR) is 57.5 cm³/mol. The molecule has 6 heteroatoms. The van der Waals surface area contributed by atoms with Crippen LogP contribution >= 0.6 is 23.2 Å². The number of fused-ring (bicyclic) bond motifs is 1. The number of hydrogen-bond donors (Lipinski definition) is 1. The van der Waals surface area contributed by atoms with E-state index < -0.39 is 5.97 Å². The maximum absolute atomic E-state index is 11.5. The molecule has 15 heavy (non-hydrogen) atoms. The molecule has 0 saturated heterocycles. The Balaban J connectivity index is 2.83. The first-order valence-electron chi connectivity index (χ1n) is 4.05. The van der Waals surface area contributed by atoms with Gasteiger partial charge < -0.3 is 9.72 Å². The fourth-order valence-electron chi connectivity index (χ4n) is 1.33. The van der Waals surface area contributed by atoms with E-state index in [4.69, 9.17) is 23.2 Å². The van der Waals surface area contributed by atoms with E-state index in [0.29, 0.717) is 11.0 Å². The largest absolute Gasteiger partial charge is 0.465 e. The van der Waals surface area contributed by atoms with Crippen LogP contribution in [0.25, 0.3) is 11.0 Å². The van der Waals surface area contributed by atoms with Gasteiger partial charge in [-0.3, -0.25) is 0 Å². The normalized spacial score (nSPS) is 10.6. The summed E-state index contributed by atoms with van der Waals surface area (Å²) in [5.41, 5.74) is 0.736. The number of esters is 1. The van der Waals surface area contributed by atoms with Crippen molar-refractivity contribution in [2.75, 3.05) is 7.11 Å². The molecule has 0 bridgehead atoms. The van der Waals surface area contributed by atoms with Gasteiger partial charge in [0.25, 0.3) is 0 Å². The van der Waals surface area contributed by atoms with Crippen molar-refractivity contribution in [2.24, 2.45) is 0 Å². The fraction of sp³-hybridized carbons (Fsp3) is 0.111. The van der Waals surface area contributed by atoms with Crippen LogP contribution in [-0.4, -0.2) is 23.0 Å². The van der Waals surface area contributed by atoms with E-state index >= 15 is 0 Å². The van der Waals surface area contributed by atoms with Crippen LogP contribution in [0.15, 0.2) is 12.3 Å². The number of aromatic amines is 1. The van der Waals surface area contributed by atoms with Crippen molar-refractivity contribution in [3.63, 3.8) is 0 Å². The molecule has 0 aliphatic rings. The minimum atomic E-state index is -0.533. The van der Waals surface area contributed by atoms with E-state index in [1.807, 2.05) is 0 Å². The van der Waals surface area contributed by atoms with Crippen LogP contribution in [0.3, 0.4) is 0 Å². The van der Waals surface area contributed by atoms with Crippen LogP contribution in [0.2, 0.25) is 10.2 Å². The second-order valence-corrected chi connectivity index (χ2v) is 3.56. The Kier molecular flexibility index (Phi) is 2.54. The Morgan fingerprint density at radius 2 is 2.27 bits per heavy atom. The SMILES string of the molecule is COC(=O)c1c(Cl)c(Cl)nc2[nH]ccc12. The summed E-state index contributed by atoms with van der Waals surface area (Å²) in [7, 11) is 1.28. The third-order valence-electron chi connectivity index (χ3n) is 1.99. The summed E-state index contributed by atoms with van der Waals surface area (Å²) in [4.78, 5) is 18.3. The van der Waals surface area contributed by atoms with Gasteiger partial charge in [-0.25, -0.2) is 9.78 Å². The van der Waals surface area contributed by atoms with Gasteiger partial charge in [0, 0.05) is 11.6 Å². The van der Waals surface area contributed by atoms with Crippen LogP contribution in [0.1, 0.15) is 10.4 Å². The van der Waals surface area contributed by atoms with Gasteiger partial charge in [0.2, 0.25) is 0 Å². The molecule has 78 valence electrons. The summed E-state index contributed by atoms with van der Waals surface area (Å²) in [5.74, 6) is -0.533. The van der Waals surface area contributed by atoms with Crippen LogP contribution in [0, 0.1) is 0 Å². The molecule has 2 aromatic rings. The van der Waals surface area contributed by atoms with E-state index in [-0.39, 0.29) is 15.7 Å². The smallest absolute Gasteiger partial charge is 0.340 e. The molecule has 0 saturated carbocycles. The maximum atomic E-state index is 11.5. The topological polar surface area (TPSA) is 55.0 Å².